The quantitative estimate of drug-likeness (QED) is 0.783. The average Bonchev–Trinajstić information content (AvgIpc) is 2.92. The van der Waals surface area contributed by atoms with Gasteiger partial charge >= 0.3 is 0 Å². The van der Waals surface area contributed by atoms with Crippen LogP contribution < -0.4 is 4.90 Å². The van der Waals surface area contributed by atoms with Gasteiger partial charge in [-0.1, -0.05) is 29.8 Å². The summed E-state index contributed by atoms with van der Waals surface area (Å²) in [6.07, 6.45) is 0. The van der Waals surface area contributed by atoms with E-state index in [4.69, 9.17) is 11.6 Å². The van der Waals surface area contributed by atoms with Crippen LogP contribution in [-0.4, -0.2) is 49.4 Å². The number of anilines is 1. The summed E-state index contributed by atoms with van der Waals surface area (Å²) < 4.78 is 37.9. The number of carbonyl (C=O) groups excluding carboxylic acids is 1. The van der Waals surface area contributed by atoms with Crippen molar-refractivity contribution in [1.82, 2.24) is 4.90 Å². The lowest BCUT2D eigenvalue weighted by Gasteiger charge is -2.43. The van der Waals surface area contributed by atoms with Gasteiger partial charge in [-0.15, -0.1) is 0 Å². The first-order valence-electron chi connectivity index (χ1n) is 8.59. The molecule has 0 bridgehead atoms. The van der Waals surface area contributed by atoms with Crippen LogP contribution in [0.5, 0.6) is 0 Å². The average molecular weight is 409 g/mol. The van der Waals surface area contributed by atoms with Crippen LogP contribution in [0, 0.1) is 5.82 Å². The normalized spacial score (nSPS) is 24.8. The van der Waals surface area contributed by atoms with Crippen LogP contribution in [0.2, 0.25) is 5.02 Å². The Bertz CT molecular complexity index is 981. The van der Waals surface area contributed by atoms with Crippen LogP contribution in [0.15, 0.2) is 48.5 Å². The minimum Gasteiger partial charge on any atom is -0.306 e. The van der Waals surface area contributed by atoms with E-state index in [1.807, 2.05) is 4.90 Å². The van der Waals surface area contributed by atoms with Gasteiger partial charge in [0.1, 0.15) is 5.82 Å². The number of hydrogen-bond acceptors (Lipinski definition) is 4. The van der Waals surface area contributed by atoms with Gasteiger partial charge in [-0.05, 0) is 35.9 Å². The Morgan fingerprint density at radius 3 is 2.48 bits per heavy atom. The standard InChI is InChI=1S/C19H18ClFN2O3S/c20-14-2-1-3-16(8-14)23-18-12-27(25,26)11-17(18)22(10-19(23)24)9-13-4-6-15(21)7-5-13/h1-8,17-18H,9-12H2/t17-,18+/m0/s1. The van der Waals surface area contributed by atoms with Crippen molar-refractivity contribution in [1.29, 1.82) is 0 Å². The molecule has 0 aromatic heterocycles. The predicted molar refractivity (Wildman–Crippen MR) is 102 cm³/mol. The van der Waals surface area contributed by atoms with Crippen molar-refractivity contribution in [2.75, 3.05) is 23.0 Å². The third kappa shape index (κ3) is 3.72. The van der Waals surface area contributed by atoms with Crippen molar-refractivity contribution >= 4 is 33.0 Å². The lowest BCUT2D eigenvalue weighted by atomic mass is 10.0. The Balaban J connectivity index is 1.66. The number of nitrogens with zero attached hydrogens (tertiary/aromatic N) is 2. The largest absolute Gasteiger partial charge is 0.306 e. The molecule has 27 heavy (non-hydrogen) atoms. The van der Waals surface area contributed by atoms with E-state index >= 15 is 0 Å². The number of hydrogen-bond donors (Lipinski definition) is 0. The molecule has 8 heteroatoms. The summed E-state index contributed by atoms with van der Waals surface area (Å²) in [6.45, 7) is 0.493. The maximum absolute atomic E-state index is 13.2. The zero-order valence-electron chi connectivity index (χ0n) is 14.4. The molecular formula is C19H18ClFN2O3S. The van der Waals surface area contributed by atoms with Crippen LogP contribution in [-0.2, 0) is 21.2 Å². The lowest BCUT2D eigenvalue weighted by Crippen LogP contribution is -2.61. The molecule has 0 saturated carbocycles. The third-order valence-corrected chi connectivity index (χ3v) is 7.02. The molecule has 2 atom stereocenters. The maximum Gasteiger partial charge on any atom is 0.241 e. The Kier molecular flexibility index (Phi) is 4.70. The summed E-state index contributed by atoms with van der Waals surface area (Å²) in [5.74, 6) is -0.571. The molecule has 2 aliphatic rings. The molecule has 5 nitrogen and oxygen atoms in total. The highest BCUT2D eigenvalue weighted by molar-refractivity contribution is 7.91. The zero-order valence-corrected chi connectivity index (χ0v) is 16.0. The van der Waals surface area contributed by atoms with E-state index in [1.165, 1.54) is 12.1 Å². The van der Waals surface area contributed by atoms with Crippen molar-refractivity contribution in [3.63, 3.8) is 0 Å². The third-order valence-electron chi connectivity index (χ3n) is 5.09. The second-order valence-electron chi connectivity index (χ2n) is 6.99. The molecule has 0 radical (unpaired) electrons. The highest BCUT2D eigenvalue weighted by Gasteiger charge is 2.49. The summed E-state index contributed by atoms with van der Waals surface area (Å²) in [5.41, 5.74) is 1.45. The molecule has 0 spiro atoms. The number of halogens is 2. The molecule has 2 heterocycles. The van der Waals surface area contributed by atoms with Crippen LogP contribution in [0.3, 0.4) is 0 Å². The number of fused-ring (bicyclic) bond motifs is 1. The summed E-state index contributed by atoms with van der Waals surface area (Å²) >= 11 is 6.06. The number of benzene rings is 2. The summed E-state index contributed by atoms with van der Waals surface area (Å²) in [7, 11) is -3.26. The number of carbonyl (C=O) groups is 1. The summed E-state index contributed by atoms with van der Waals surface area (Å²) in [4.78, 5) is 16.4. The topological polar surface area (TPSA) is 57.7 Å². The molecular weight excluding hydrogens is 391 g/mol. The van der Waals surface area contributed by atoms with Gasteiger partial charge in [-0.3, -0.25) is 9.69 Å². The molecule has 2 fully saturated rings. The van der Waals surface area contributed by atoms with Gasteiger partial charge in [-0.25, -0.2) is 12.8 Å². The van der Waals surface area contributed by atoms with E-state index < -0.39 is 15.9 Å². The smallest absolute Gasteiger partial charge is 0.241 e. The highest BCUT2D eigenvalue weighted by Crippen LogP contribution is 2.33. The number of piperazine rings is 1. The molecule has 1 amide bonds. The first-order valence-corrected chi connectivity index (χ1v) is 10.8. The van der Waals surface area contributed by atoms with Gasteiger partial charge in [0.15, 0.2) is 9.84 Å². The van der Waals surface area contributed by atoms with Crippen molar-refractivity contribution in [3.8, 4) is 0 Å². The van der Waals surface area contributed by atoms with Gasteiger partial charge in [0, 0.05) is 23.3 Å². The Labute approximate surface area is 162 Å². The van der Waals surface area contributed by atoms with Crippen molar-refractivity contribution in [2.45, 2.75) is 18.6 Å². The summed E-state index contributed by atoms with van der Waals surface area (Å²) in [6, 6.07) is 12.2. The first kappa shape index (κ1) is 18.4. The highest BCUT2D eigenvalue weighted by atomic mass is 35.5. The molecule has 4 rings (SSSR count). The van der Waals surface area contributed by atoms with Gasteiger partial charge in [0.05, 0.1) is 24.1 Å². The van der Waals surface area contributed by atoms with E-state index in [9.17, 15) is 17.6 Å². The lowest BCUT2D eigenvalue weighted by molar-refractivity contribution is -0.123. The van der Waals surface area contributed by atoms with Crippen LogP contribution in [0.4, 0.5) is 10.1 Å². The van der Waals surface area contributed by atoms with E-state index in [0.29, 0.717) is 17.3 Å². The molecule has 0 N–H and O–H groups in total. The van der Waals surface area contributed by atoms with Crippen molar-refractivity contribution in [3.05, 3.63) is 64.9 Å². The minimum atomic E-state index is -3.26. The molecule has 0 unspecified atom stereocenters. The van der Waals surface area contributed by atoms with Gasteiger partial charge in [-0.2, -0.15) is 0 Å². The van der Waals surface area contributed by atoms with Crippen molar-refractivity contribution < 1.29 is 17.6 Å². The molecule has 2 aromatic carbocycles. The minimum absolute atomic E-state index is 0.00318. The Hall–Kier alpha value is -1.96. The molecule has 2 aliphatic heterocycles. The SMILES string of the molecule is O=C1CN(Cc2ccc(F)cc2)[C@H]2CS(=O)(=O)C[C@H]2N1c1cccc(Cl)c1. The summed E-state index contributed by atoms with van der Waals surface area (Å²) in [5, 5.41) is 0.492. The first-order chi connectivity index (χ1) is 12.8. The van der Waals surface area contributed by atoms with Crippen LogP contribution >= 0.6 is 11.6 Å². The number of rotatable bonds is 3. The predicted octanol–water partition coefficient (Wildman–Crippen LogP) is 2.49. The fourth-order valence-corrected chi connectivity index (χ4v) is 6.08. The van der Waals surface area contributed by atoms with E-state index in [2.05, 4.69) is 0 Å². The van der Waals surface area contributed by atoms with E-state index in [1.54, 1.807) is 41.3 Å². The van der Waals surface area contributed by atoms with Crippen LogP contribution in [0.1, 0.15) is 5.56 Å². The Morgan fingerprint density at radius 2 is 1.78 bits per heavy atom. The van der Waals surface area contributed by atoms with Gasteiger partial charge in [0.25, 0.3) is 0 Å². The molecule has 142 valence electrons. The second kappa shape index (κ2) is 6.89. The fourth-order valence-electron chi connectivity index (χ4n) is 3.92. The molecule has 2 aromatic rings. The molecule has 2 saturated heterocycles. The maximum atomic E-state index is 13.2. The second-order valence-corrected chi connectivity index (χ2v) is 9.58. The van der Waals surface area contributed by atoms with Crippen LogP contribution in [0.25, 0.3) is 0 Å². The monoisotopic (exact) mass is 408 g/mol. The number of amides is 1. The van der Waals surface area contributed by atoms with E-state index in [0.717, 1.165) is 5.56 Å². The van der Waals surface area contributed by atoms with E-state index in [-0.39, 0.29) is 35.8 Å². The zero-order chi connectivity index (χ0) is 19.2. The number of sulfone groups is 1. The Morgan fingerprint density at radius 1 is 1.07 bits per heavy atom. The fraction of sp³-hybridized carbons (Fsp3) is 0.316. The van der Waals surface area contributed by atoms with Crippen molar-refractivity contribution in [2.24, 2.45) is 0 Å². The van der Waals surface area contributed by atoms with Gasteiger partial charge < -0.3 is 4.90 Å². The van der Waals surface area contributed by atoms with Gasteiger partial charge in [0.2, 0.25) is 5.91 Å². The molecule has 0 aliphatic carbocycles.